The summed E-state index contributed by atoms with van der Waals surface area (Å²) < 4.78 is 1.86. The fourth-order valence-electron chi connectivity index (χ4n) is 1.13. The van der Waals surface area contributed by atoms with E-state index in [4.69, 9.17) is 0 Å². The van der Waals surface area contributed by atoms with Crippen LogP contribution in [0.3, 0.4) is 0 Å². The standard InChI is InChI=1S/2C5H8O2.2C4H3IN2.Co/c2*1-4(6)3-5(2)7;2*5-4-3-6-1-2-7-4;/h2*3,6H,1-2H3;2*1-3H;/q;;;;+2/p-2/b2*4-3-;;;. The SMILES string of the molecule is CC(=O)/C=C(/C)[O-].CC(=O)/C=C(/C)[O-].Ic1cnccn1.Ic1cnccn1.[Co+2]. The maximum absolute atomic E-state index is 9.98. The monoisotopic (exact) mass is 669 g/mol. The van der Waals surface area contributed by atoms with Crippen molar-refractivity contribution in [1.82, 2.24) is 19.9 Å². The fourth-order valence-corrected chi connectivity index (χ4v) is 1.78. The van der Waals surface area contributed by atoms with Gasteiger partial charge in [-0.1, -0.05) is 13.8 Å². The molecule has 0 unspecified atom stereocenters. The van der Waals surface area contributed by atoms with E-state index in [1.165, 1.54) is 27.7 Å². The van der Waals surface area contributed by atoms with Crippen molar-refractivity contribution < 1.29 is 36.6 Å². The molecule has 0 atom stereocenters. The van der Waals surface area contributed by atoms with Gasteiger partial charge in [-0.05, 0) is 71.2 Å². The van der Waals surface area contributed by atoms with Crippen LogP contribution in [0.4, 0.5) is 0 Å². The number of halogens is 2. The molecule has 0 bridgehead atoms. The van der Waals surface area contributed by atoms with Crippen LogP contribution in [0.15, 0.2) is 60.9 Å². The van der Waals surface area contributed by atoms with Crippen molar-refractivity contribution in [2.24, 2.45) is 0 Å². The van der Waals surface area contributed by atoms with Gasteiger partial charge in [0.25, 0.3) is 0 Å². The molecule has 0 spiro atoms. The van der Waals surface area contributed by atoms with Crippen LogP contribution in [0.1, 0.15) is 27.7 Å². The van der Waals surface area contributed by atoms with Gasteiger partial charge in [0.2, 0.25) is 0 Å². The molecule has 8 nitrogen and oxygen atoms in total. The van der Waals surface area contributed by atoms with Crippen LogP contribution in [-0.2, 0) is 26.4 Å². The molecule has 0 N–H and O–H groups in total. The fraction of sp³-hybridized carbons (Fsp3) is 0.222. The minimum absolute atomic E-state index is 0. The smallest absolute Gasteiger partial charge is 0.876 e. The van der Waals surface area contributed by atoms with Crippen molar-refractivity contribution in [3.05, 3.63) is 68.3 Å². The molecule has 0 saturated heterocycles. The number of rotatable bonds is 2. The van der Waals surface area contributed by atoms with Crippen LogP contribution >= 0.6 is 45.2 Å². The van der Waals surface area contributed by atoms with Crippen LogP contribution in [-0.4, -0.2) is 31.5 Å². The Kier molecular flexibility index (Phi) is 23.6. The zero-order chi connectivity index (χ0) is 21.9. The van der Waals surface area contributed by atoms with Crippen molar-refractivity contribution >= 4 is 56.7 Å². The van der Waals surface area contributed by atoms with Crippen molar-refractivity contribution in [1.29, 1.82) is 0 Å². The van der Waals surface area contributed by atoms with Gasteiger partial charge in [-0.15, -0.1) is 11.5 Å². The Bertz CT molecular complexity index is 687. The number of ketones is 2. The van der Waals surface area contributed by atoms with Gasteiger partial charge in [0.05, 0.1) is 12.4 Å². The molecule has 0 fully saturated rings. The van der Waals surface area contributed by atoms with Crippen LogP contribution in [0.2, 0.25) is 0 Å². The van der Waals surface area contributed by atoms with Crippen LogP contribution < -0.4 is 10.2 Å². The Morgan fingerprint density at radius 3 is 1.14 bits per heavy atom. The molecule has 0 aliphatic rings. The summed E-state index contributed by atoms with van der Waals surface area (Å²) in [6.45, 7) is 5.39. The topological polar surface area (TPSA) is 132 Å². The zero-order valence-electron chi connectivity index (χ0n) is 16.1. The van der Waals surface area contributed by atoms with Gasteiger partial charge in [0.1, 0.15) is 7.40 Å². The Morgan fingerprint density at radius 1 is 0.759 bits per heavy atom. The molecular formula is C18H20CoI2N4O4. The van der Waals surface area contributed by atoms with E-state index in [9.17, 15) is 19.8 Å². The number of carbonyl (C=O) groups excluding carboxylic acids is 2. The van der Waals surface area contributed by atoms with E-state index in [0.29, 0.717) is 0 Å². The minimum Gasteiger partial charge on any atom is -0.876 e. The molecule has 2 aromatic heterocycles. The predicted octanol–water partition coefficient (Wildman–Crippen LogP) is 1.84. The summed E-state index contributed by atoms with van der Waals surface area (Å²) in [5, 5.41) is 20.0. The third-order valence-electron chi connectivity index (χ3n) is 1.88. The van der Waals surface area contributed by atoms with Crippen LogP contribution in [0.25, 0.3) is 0 Å². The van der Waals surface area contributed by atoms with E-state index in [2.05, 4.69) is 65.1 Å². The van der Waals surface area contributed by atoms with Gasteiger partial charge in [0, 0.05) is 24.8 Å². The van der Waals surface area contributed by atoms with Gasteiger partial charge in [-0.3, -0.25) is 19.6 Å². The van der Waals surface area contributed by atoms with Gasteiger partial charge >= 0.3 is 16.8 Å². The first-order valence-electron chi connectivity index (χ1n) is 7.59. The second-order valence-corrected chi connectivity index (χ2v) is 7.00. The molecule has 0 saturated carbocycles. The predicted molar refractivity (Wildman–Crippen MR) is 118 cm³/mol. The largest absolute Gasteiger partial charge is 2.00 e. The molecular weight excluding hydrogens is 649 g/mol. The molecule has 2 rings (SSSR count). The molecule has 2 aromatic rings. The summed E-state index contributed by atoms with van der Waals surface area (Å²) in [5.41, 5.74) is 0. The minimum atomic E-state index is -0.187. The zero-order valence-corrected chi connectivity index (χ0v) is 21.5. The maximum atomic E-state index is 9.98. The first-order chi connectivity index (χ1) is 13.0. The van der Waals surface area contributed by atoms with Crippen molar-refractivity contribution in [2.75, 3.05) is 0 Å². The first-order valence-corrected chi connectivity index (χ1v) is 9.75. The summed E-state index contributed by atoms with van der Waals surface area (Å²) in [4.78, 5) is 35.4. The second-order valence-electron chi connectivity index (χ2n) is 4.79. The number of carbonyl (C=O) groups is 2. The molecule has 2 heterocycles. The van der Waals surface area contributed by atoms with Gasteiger partial charge in [-0.2, -0.15) is 0 Å². The Morgan fingerprint density at radius 2 is 1.07 bits per heavy atom. The molecule has 1 radical (unpaired) electrons. The van der Waals surface area contributed by atoms with Crippen LogP contribution in [0.5, 0.6) is 0 Å². The third-order valence-corrected chi connectivity index (χ3v) is 2.99. The third kappa shape index (κ3) is 31.5. The van der Waals surface area contributed by atoms with Crippen molar-refractivity contribution in [3.63, 3.8) is 0 Å². The van der Waals surface area contributed by atoms with Gasteiger partial charge < -0.3 is 10.2 Å². The van der Waals surface area contributed by atoms with E-state index in [1.54, 1.807) is 37.2 Å². The summed E-state index contributed by atoms with van der Waals surface area (Å²) in [6, 6.07) is 0. The molecule has 0 aliphatic heterocycles. The summed E-state index contributed by atoms with van der Waals surface area (Å²) in [6.07, 6.45) is 12.2. The summed E-state index contributed by atoms with van der Waals surface area (Å²) >= 11 is 4.21. The maximum Gasteiger partial charge on any atom is 2.00 e. The average molecular weight is 669 g/mol. The normalized spacial score (nSPS) is 9.72. The molecule has 159 valence electrons. The molecule has 0 aliphatic carbocycles. The summed E-state index contributed by atoms with van der Waals surface area (Å²) in [7, 11) is 0. The molecule has 11 heteroatoms. The molecule has 0 amide bonds. The molecule has 0 aromatic carbocycles. The number of nitrogens with zero attached hydrogens (tertiary/aromatic N) is 4. The average Bonchev–Trinajstić information content (AvgIpc) is 2.55. The van der Waals surface area contributed by atoms with E-state index >= 15 is 0 Å². The number of hydrogen-bond acceptors (Lipinski definition) is 8. The summed E-state index contributed by atoms with van der Waals surface area (Å²) in [5.74, 6) is -0.750. The van der Waals surface area contributed by atoms with Gasteiger partial charge in [-0.25, -0.2) is 9.97 Å². The van der Waals surface area contributed by atoms with E-state index in [-0.39, 0.29) is 39.9 Å². The number of allylic oxidation sites excluding steroid dienone is 4. The van der Waals surface area contributed by atoms with Crippen LogP contribution in [0, 0.1) is 7.40 Å². The van der Waals surface area contributed by atoms with Crippen molar-refractivity contribution in [2.45, 2.75) is 27.7 Å². The Labute approximate surface area is 207 Å². The van der Waals surface area contributed by atoms with E-state index in [0.717, 1.165) is 19.6 Å². The number of aromatic nitrogens is 4. The van der Waals surface area contributed by atoms with Gasteiger partial charge in [0.15, 0.2) is 11.6 Å². The number of hydrogen-bond donors (Lipinski definition) is 0. The Hall–Kier alpha value is -1.45. The quantitative estimate of drug-likeness (QED) is 0.269. The second kappa shape index (κ2) is 21.3. The molecule has 29 heavy (non-hydrogen) atoms. The van der Waals surface area contributed by atoms with Crippen molar-refractivity contribution in [3.8, 4) is 0 Å². The van der Waals surface area contributed by atoms with E-state index < -0.39 is 0 Å². The Balaban J connectivity index is -0.000000307. The first kappa shape index (κ1) is 32.2. The van der Waals surface area contributed by atoms with E-state index in [1.807, 2.05) is 0 Å².